The lowest BCUT2D eigenvalue weighted by molar-refractivity contribution is -0.0566. The summed E-state index contributed by atoms with van der Waals surface area (Å²) in [5, 5.41) is 43.5. The maximum Gasteiger partial charge on any atom is 0.276 e. The van der Waals surface area contributed by atoms with Gasteiger partial charge in [-0.05, 0) is 238 Å². The number of carbonyl (C=O) groups is 4. The van der Waals surface area contributed by atoms with Crippen LogP contribution in [0.4, 0.5) is 48.6 Å². The molecule has 0 unspecified atom stereocenters. The highest BCUT2D eigenvalue weighted by atomic mass is 19.3. The number of nitrogens with one attached hydrogen (secondary N) is 8. The van der Waals surface area contributed by atoms with Gasteiger partial charge in [-0.3, -0.25) is 84.3 Å². The predicted octanol–water partition coefficient (Wildman–Crippen LogP) is 16.0. The number of aromatic amines is 4. The molecule has 33 nitrogen and oxygen atoms in total. The summed E-state index contributed by atoms with van der Waals surface area (Å²) in [6, 6.07) is 47.1. The van der Waals surface area contributed by atoms with E-state index in [1.165, 1.54) is 32.1 Å². The molecule has 4 amide bonds. The molecule has 0 spiro atoms. The van der Waals surface area contributed by atoms with E-state index in [4.69, 9.17) is 4.74 Å². The molecule has 708 valence electrons. The fourth-order valence-corrected chi connectivity index (χ4v) is 17.1. The maximum atomic E-state index is 13.5. The van der Waals surface area contributed by atoms with E-state index < -0.39 is 5.92 Å². The normalized spacial score (nSPS) is 14.4. The fraction of sp³-hybridized carbons (Fsp3) is 0.301. The second kappa shape index (κ2) is 43.7. The number of anilines is 7. The van der Waals surface area contributed by atoms with Gasteiger partial charge in [0.1, 0.15) is 0 Å². The first kappa shape index (κ1) is 94.6. The highest BCUT2D eigenvalue weighted by Gasteiger charge is 2.34. The van der Waals surface area contributed by atoms with Crippen molar-refractivity contribution in [2.45, 2.75) is 83.6 Å². The minimum absolute atomic E-state index is 0.113. The molecule has 4 fully saturated rings. The van der Waals surface area contributed by atoms with E-state index in [9.17, 15) is 28.0 Å². The van der Waals surface area contributed by atoms with Crippen LogP contribution in [0.3, 0.4) is 0 Å². The van der Waals surface area contributed by atoms with Gasteiger partial charge in [0.05, 0.1) is 141 Å². The number of hydrogen-bond donors (Lipinski definition) is 8. The molecule has 0 saturated carbocycles. The van der Waals surface area contributed by atoms with Crippen molar-refractivity contribution in [3.8, 4) is 44.5 Å². The Morgan fingerprint density at radius 3 is 0.920 bits per heavy atom. The van der Waals surface area contributed by atoms with E-state index in [2.05, 4.69) is 135 Å². The van der Waals surface area contributed by atoms with E-state index in [1.54, 1.807) is 37.2 Å². The third-order valence-corrected chi connectivity index (χ3v) is 24.2. The van der Waals surface area contributed by atoms with Crippen LogP contribution in [-0.2, 0) is 37.5 Å². The molecular weight excluding hydrogens is 1750 g/mol. The summed E-state index contributed by atoms with van der Waals surface area (Å²) in [4.78, 5) is 105. The summed E-state index contributed by atoms with van der Waals surface area (Å²) < 4.78 is 32.4. The topological polar surface area (TPSA) is 369 Å². The number of nitrogens with zero attached hydrogens (tertiary/aromatic N) is 20. The number of carbonyl (C=O) groups excluding carboxylic acids is 4. The van der Waals surface area contributed by atoms with Crippen LogP contribution < -0.4 is 36.0 Å². The standard InChI is InChI=1S/C27H29F2N7O.C26H29N7O.C25H27N7O2.C25H27N7O/c1-35(2)17-22-5-4-21(15-31-22)32-26(37)25-23-12-19(3-6-24(23)33-34-25)20-11-18(13-30-14-20)16-36-9-7-27(28,29)8-10-36;1-32(2)17-21-8-7-20(15-28-21)29-26(34)25-23-13-18(6-9-24(23)30-31-25)19-12-22(16-27-14-19)33-10-4-3-5-11-33;1-31(2)16-20-5-4-19(14-27-20)28-25(33)24-22-12-17(3-6-23(22)29-30-24)18-11-21(15-26-13-18)32-7-9-34-10-8-32;1-31(2)16-20-7-6-19(14-27-20)28-25(33)24-22-12-17(5-8-23(22)29-30-24)18-11-21(15-26-13-18)32-9-3-4-10-32/h3-6,11-15H,7-10,16-17H2,1-2H3,(H,32,37)(H,33,34);6-9,12-16H,3-5,10-11,17H2,1-2H3,(H,29,34)(H,30,31);3-6,11-15H,7-10,16H2,1-2H3,(H,28,33)(H,29,30);5-8,11-15H,3-4,9-10,16H2,1-2H3,(H,28,33)(H,29,30). The molecule has 0 radical (unpaired) electrons. The lowest BCUT2D eigenvalue weighted by Crippen LogP contribution is -2.38. The molecule has 16 aromatic rings. The average Bonchev–Trinajstić information content (AvgIpc) is 1.65. The molecule has 4 aliphatic rings. The van der Waals surface area contributed by atoms with Crippen molar-refractivity contribution in [2.24, 2.45) is 0 Å². The zero-order valence-corrected chi connectivity index (χ0v) is 78.6. The monoisotopic (exact) mass is 1860 g/mol. The quantitative estimate of drug-likeness (QED) is 0.0263. The maximum absolute atomic E-state index is 13.5. The van der Waals surface area contributed by atoms with E-state index in [0.717, 1.165) is 200 Å². The van der Waals surface area contributed by atoms with Gasteiger partial charge in [-0.2, -0.15) is 20.4 Å². The Kier molecular flexibility index (Phi) is 30.0. The Hall–Kier alpha value is -15.1. The van der Waals surface area contributed by atoms with Gasteiger partial charge in [0, 0.05) is 173 Å². The van der Waals surface area contributed by atoms with E-state index in [1.807, 2.05) is 245 Å². The molecule has 0 bridgehead atoms. The van der Waals surface area contributed by atoms with Gasteiger partial charge in [-0.15, -0.1) is 0 Å². The van der Waals surface area contributed by atoms with Gasteiger partial charge in [-0.1, -0.05) is 24.3 Å². The van der Waals surface area contributed by atoms with Crippen LogP contribution in [-0.4, -0.2) is 257 Å². The number of rotatable bonds is 25. The molecule has 0 aliphatic carbocycles. The number of fused-ring (bicyclic) bond motifs is 4. The third kappa shape index (κ3) is 24.2. The first-order chi connectivity index (χ1) is 66.9. The van der Waals surface area contributed by atoms with Gasteiger partial charge in [-0.25, -0.2) is 8.78 Å². The molecule has 4 aromatic carbocycles. The first-order valence-electron chi connectivity index (χ1n) is 46.3. The number of amides is 4. The van der Waals surface area contributed by atoms with Crippen LogP contribution in [0.2, 0.25) is 0 Å². The van der Waals surface area contributed by atoms with Gasteiger partial charge in [0.25, 0.3) is 29.6 Å². The van der Waals surface area contributed by atoms with Crippen molar-refractivity contribution in [2.75, 3.05) is 158 Å². The average molecular weight is 1860 g/mol. The highest BCUT2D eigenvalue weighted by molar-refractivity contribution is 6.14. The van der Waals surface area contributed by atoms with Crippen LogP contribution in [0.15, 0.2) is 220 Å². The Morgan fingerprint density at radius 1 is 0.333 bits per heavy atom. The number of halogens is 2. The lowest BCUT2D eigenvalue weighted by Gasteiger charge is -2.31. The number of hydrogen-bond acceptors (Lipinski definition) is 25. The smallest absolute Gasteiger partial charge is 0.276 e. The molecule has 138 heavy (non-hydrogen) atoms. The van der Waals surface area contributed by atoms with Crippen molar-refractivity contribution < 1.29 is 32.7 Å². The summed E-state index contributed by atoms with van der Waals surface area (Å²) >= 11 is 0. The molecule has 4 aliphatic heterocycles. The van der Waals surface area contributed by atoms with Gasteiger partial charge in [0.15, 0.2) is 22.8 Å². The number of ether oxygens (including phenoxy) is 1. The summed E-state index contributed by atoms with van der Waals surface area (Å²) in [7, 11) is 15.9. The van der Waals surface area contributed by atoms with Crippen LogP contribution in [0.1, 0.15) is 115 Å². The lowest BCUT2D eigenvalue weighted by atomic mass is 10.0. The molecular formula is C103H112F2N28O5. The Bertz CT molecular complexity index is 6690. The summed E-state index contributed by atoms with van der Waals surface area (Å²) in [5.74, 6) is -3.73. The van der Waals surface area contributed by atoms with Crippen molar-refractivity contribution in [3.05, 3.63) is 271 Å². The summed E-state index contributed by atoms with van der Waals surface area (Å²) in [6.07, 6.45) is 27.4. The number of morpholine rings is 1. The molecule has 0 atom stereocenters. The Balaban J connectivity index is 0.000000127. The van der Waals surface area contributed by atoms with Crippen LogP contribution in [0.25, 0.3) is 88.1 Å². The third-order valence-electron chi connectivity index (χ3n) is 24.2. The molecule has 20 rings (SSSR count). The number of likely N-dealkylation sites (tertiary alicyclic amines) is 1. The van der Waals surface area contributed by atoms with E-state index in [-0.39, 0.29) is 42.2 Å². The van der Waals surface area contributed by atoms with Crippen molar-refractivity contribution >= 4 is 107 Å². The molecule has 12 aromatic heterocycles. The van der Waals surface area contributed by atoms with Gasteiger partial charge in [0.2, 0.25) is 0 Å². The number of benzene rings is 4. The molecule has 16 heterocycles. The Morgan fingerprint density at radius 2 is 0.623 bits per heavy atom. The van der Waals surface area contributed by atoms with Crippen LogP contribution in [0.5, 0.6) is 0 Å². The minimum atomic E-state index is -2.56. The van der Waals surface area contributed by atoms with Crippen LogP contribution in [0, 0.1) is 0 Å². The van der Waals surface area contributed by atoms with Gasteiger partial charge < -0.3 is 60.3 Å². The molecule has 35 heteroatoms. The predicted molar refractivity (Wildman–Crippen MR) is 536 cm³/mol. The van der Waals surface area contributed by atoms with Gasteiger partial charge >= 0.3 is 0 Å². The Labute approximate surface area is 797 Å². The van der Waals surface area contributed by atoms with Crippen LogP contribution >= 0.6 is 0 Å². The van der Waals surface area contributed by atoms with E-state index in [0.29, 0.717) is 71.4 Å². The number of pyridine rings is 8. The largest absolute Gasteiger partial charge is 0.378 e. The second-order valence-corrected chi connectivity index (χ2v) is 36.1. The first-order valence-corrected chi connectivity index (χ1v) is 46.3. The molecule has 4 saturated heterocycles. The highest BCUT2D eigenvalue weighted by Crippen LogP contribution is 2.36. The van der Waals surface area contributed by atoms with Crippen molar-refractivity contribution in [3.63, 3.8) is 0 Å². The zero-order valence-electron chi connectivity index (χ0n) is 78.6. The minimum Gasteiger partial charge on any atom is -0.378 e. The van der Waals surface area contributed by atoms with E-state index >= 15 is 0 Å². The fourth-order valence-electron chi connectivity index (χ4n) is 17.1. The zero-order chi connectivity index (χ0) is 95.8. The number of aromatic nitrogens is 16. The summed E-state index contributed by atoms with van der Waals surface area (Å²) in [6.45, 7) is 11.7. The molecule has 8 N–H and O–H groups in total. The number of H-pyrrole nitrogens is 4. The SMILES string of the molecule is CN(C)Cc1ccc(NC(=O)c2n[nH]c3ccc(-c4cncc(CN5CCC(F)(F)CC5)c4)cc23)cn1.CN(C)Cc1ccc(NC(=O)c2n[nH]c3ccc(-c4cncc(N5CCCC5)c4)cc23)cn1.CN(C)Cc1ccc(NC(=O)c2n[nH]c3ccc(-c4cncc(N5CCCCC5)c4)cc23)cn1.CN(C)Cc1ccc(NC(=O)c2n[nH]c3ccc(-c4cncc(N5CCOCC5)c4)cc23)cn1. The number of piperidine rings is 2. The van der Waals surface area contributed by atoms with Crippen molar-refractivity contribution in [1.82, 2.24) is 105 Å². The second-order valence-electron chi connectivity index (χ2n) is 36.1. The number of alkyl halides is 2. The van der Waals surface area contributed by atoms with Crippen molar-refractivity contribution in [1.29, 1.82) is 0 Å². The summed E-state index contributed by atoms with van der Waals surface area (Å²) in [5.41, 5.74) is 22.8.